The van der Waals surface area contributed by atoms with Crippen molar-refractivity contribution in [1.82, 2.24) is 19.9 Å². The van der Waals surface area contributed by atoms with Gasteiger partial charge in [-0.1, -0.05) is 30.9 Å². The first kappa shape index (κ1) is 15.0. The second-order valence-corrected chi connectivity index (χ2v) is 5.96. The van der Waals surface area contributed by atoms with E-state index in [1.807, 2.05) is 13.0 Å². The summed E-state index contributed by atoms with van der Waals surface area (Å²) in [4.78, 5) is 16.8. The van der Waals surface area contributed by atoms with Crippen LogP contribution in [0.4, 0.5) is 5.82 Å². The minimum atomic E-state index is 0.0816. The van der Waals surface area contributed by atoms with Gasteiger partial charge in [0, 0.05) is 12.5 Å². The maximum atomic E-state index is 9.05. The van der Waals surface area contributed by atoms with Gasteiger partial charge in [-0.3, -0.25) is 0 Å². The zero-order chi connectivity index (χ0) is 15.4. The molecule has 1 saturated carbocycles. The maximum Gasteiger partial charge on any atom is 0.183 e. The number of hydrogen-bond donors (Lipinski definition) is 3. The number of imidazole rings is 1. The molecule has 0 saturated heterocycles. The van der Waals surface area contributed by atoms with Gasteiger partial charge in [0.1, 0.15) is 11.3 Å². The lowest BCUT2D eigenvalue weighted by atomic mass is 9.89. The molecule has 0 unspecified atom stereocenters. The maximum absolute atomic E-state index is 9.05. The van der Waals surface area contributed by atoms with Crippen LogP contribution in [-0.2, 0) is 0 Å². The first-order chi connectivity index (χ1) is 10.8. The standard InChI is InChI=1S/C16H23N5O/c1-11(9-22)7-8-17-15-13-16(19-10-18-13)21-14(20-15)12-5-3-2-4-6-12/h7,10,12,22H,2-6,8-9H2,1H3,(H2,17,18,19,20,21). The molecule has 3 N–H and O–H groups in total. The Morgan fingerprint density at radius 3 is 2.95 bits per heavy atom. The van der Waals surface area contributed by atoms with Crippen molar-refractivity contribution in [2.45, 2.75) is 44.9 Å². The molecule has 0 spiro atoms. The molecule has 0 aliphatic heterocycles. The average Bonchev–Trinajstić information content (AvgIpc) is 3.04. The highest BCUT2D eigenvalue weighted by Gasteiger charge is 2.20. The zero-order valence-electron chi connectivity index (χ0n) is 13.0. The molecule has 6 nitrogen and oxygen atoms in total. The van der Waals surface area contributed by atoms with Crippen LogP contribution >= 0.6 is 0 Å². The number of aliphatic hydroxyl groups excluding tert-OH is 1. The number of nitrogens with zero attached hydrogens (tertiary/aromatic N) is 3. The minimum absolute atomic E-state index is 0.0816. The molecule has 0 atom stereocenters. The van der Waals surface area contributed by atoms with Crippen LogP contribution in [0, 0.1) is 0 Å². The predicted octanol–water partition coefficient (Wildman–Crippen LogP) is 2.75. The highest BCUT2D eigenvalue weighted by atomic mass is 16.3. The first-order valence-corrected chi connectivity index (χ1v) is 7.99. The van der Waals surface area contributed by atoms with Gasteiger partial charge in [0.05, 0.1) is 12.9 Å². The van der Waals surface area contributed by atoms with E-state index in [9.17, 15) is 0 Å². The molecule has 1 aliphatic carbocycles. The molecule has 2 aromatic heterocycles. The smallest absolute Gasteiger partial charge is 0.183 e. The third-order valence-electron chi connectivity index (χ3n) is 4.24. The molecule has 1 aliphatic rings. The van der Waals surface area contributed by atoms with E-state index in [2.05, 4.69) is 20.3 Å². The summed E-state index contributed by atoms with van der Waals surface area (Å²) < 4.78 is 0. The third kappa shape index (κ3) is 3.27. The summed E-state index contributed by atoms with van der Waals surface area (Å²) in [6.07, 6.45) is 9.78. The van der Waals surface area contributed by atoms with Gasteiger partial charge in [-0.15, -0.1) is 0 Å². The SMILES string of the molecule is CC(=CCNc1nc(C2CCCCC2)nc2nc[nH]c12)CO. The van der Waals surface area contributed by atoms with Crippen LogP contribution < -0.4 is 5.32 Å². The number of H-pyrrole nitrogens is 1. The van der Waals surface area contributed by atoms with E-state index in [0.29, 0.717) is 12.5 Å². The van der Waals surface area contributed by atoms with Gasteiger partial charge < -0.3 is 15.4 Å². The van der Waals surface area contributed by atoms with Crippen molar-refractivity contribution in [2.24, 2.45) is 0 Å². The first-order valence-electron chi connectivity index (χ1n) is 7.99. The molecule has 2 aromatic rings. The summed E-state index contributed by atoms with van der Waals surface area (Å²) in [6, 6.07) is 0. The molecular weight excluding hydrogens is 278 g/mol. The summed E-state index contributed by atoms with van der Waals surface area (Å²) in [6.45, 7) is 2.61. The Kier molecular flexibility index (Phi) is 4.68. The number of aliphatic hydroxyl groups is 1. The molecule has 0 bridgehead atoms. The molecule has 0 aromatic carbocycles. The second-order valence-electron chi connectivity index (χ2n) is 5.96. The van der Waals surface area contributed by atoms with Crippen LogP contribution in [0.25, 0.3) is 11.2 Å². The molecular formula is C16H23N5O. The summed E-state index contributed by atoms with van der Waals surface area (Å²) in [5.74, 6) is 2.15. The fourth-order valence-electron chi connectivity index (χ4n) is 2.91. The van der Waals surface area contributed by atoms with Crippen LogP contribution in [-0.4, -0.2) is 38.2 Å². The molecule has 2 heterocycles. The average molecular weight is 301 g/mol. The number of aromatic nitrogens is 4. The van der Waals surface area contributed by atoms with E-state index in [-0.39, 0.29) is 6.61 Å². The summed E-state index contributed by atoms with van der Waals surface area (Å²) in [5.41, 5.74) is 2.51. The number of anilines is 1. The number of aromatic amines is 1. The molecule has 0 radical (unpaired) electrons. The van der Waals surface area contributed by atoms with Crippen LogP contribution in [0.1, 0.15) is 50.8 Å². The van der Waals surface area contributed by atoms with Crippen LogP contribution in [0.15, 0.2) is 18.0 Å². The third-order valence-corrected chi connectivity index (χ3v) is 4.24. The lowest BCUT2D eigenvalue weighted by Gasteiger charge is -2.20. The Bertz CT molecular complexity index is 658. The predicted molar refractivity (Wildman–Crippen MR) is 86.8 cm³/mol. The van der Waals surface area contributed by atoms with Gasteiger partial charge in [-0.2, -0.15) is 0 Å². The monoisotopic (exact) mass is 301 g/mol. The van der Waals surface area contributed by atoms with Gasteiger partial charge in [0.25, 0.3) is 0 Å². The molecule has 0 amide bonds. The van der Waals surface area contributed by atoms with Crippen molar-refractivity contribution in [3.05, 3.63) is 23.8 Å². The van der Waals surface area contributed by atoms with Gasteiger partial charge in [0.2, 0.25) is 0 Å². The minimum Gasteiger partial charge on any atom is -0.392 e. The van der Waals surface area contributed by atoms with Crippen molar-refractivity contribution >= 4 is 17.0 Å². The molecule has 1 fully saturated rings. The largest absolute Gasteiger partial charge is 0.392 e. The van der Waals surface area contributed by atoms with Crippen molar-refractivity contribution in [3.63, 3.8) is 0 Å². The Balaban J connectivity index is 1.85. The fraction of sp³-hybridized carbons (Fsp3) is 0.562. The lowest BCUT2D eigenvalue weighted by Crippen LogP contribution is -2.12. The van der Waals surface area contributed by atoms with E-state index in [1.54, 1.807) is 6.33 Å². The van der Waals surface area contributed by atoms with Gasteiger partial charge in [-0.05, 0) is 19.8 Å². The Labute approximate surface area is 130 Å². The second kappa shape index (κ2) is 6.87. The highest BCUT2D eigenvalue weighted by molar-refractivity contribution is 5.82. The van der Waals surface area contributed by atoms with Crippen molar-refractivity contribution in [3.8, 4) is 0 Å². The van der Waals surface area contributed by atoms with E-state index in [1.165, 1.54) is 32.1 Å². The van der Waals surface area contributed by atoms with E-state index in [0.717, 1.165) is 28.4 Å². The topological polar surface area (TPSA) is 86.7 Å². The summed E-state index contributed by atoms with van der Waals surface area (Å²) >= 11 is 0. The van der Waals surface area contributed by atoms with E-state index in [4.69, 9.17) is 10.1 Å². The number of hydrogen-bond acceptors (Lipinski definition) is 5. The van der Waals surface area contributed by atoms with Crippen LogP contribution in [0.5, 0.6) is 0 Å². The van der Waals surface area contributed by atoms with Crippen molar-refractivity contribution < 1.29 is 5.11 Å². The summed E-state index contributed by atoms with van der Waals surface area (Å²) in [7, 11) is 0. The number of fused-ring (bicyclic) bond motifs is 1. The van der Waals surface area contributed by atoms with Gasteiger partial charge >= 0.3 is 0 Å². The Morgan fingerprint density at radius 1 is 1.36 bits per heavy atom. The van der Waals surface area contributed by atoms with Crippen LogP contribution in [0.3, 0.4) is 0 Å². The summed E-state index contributed by atoms with van der Waals surface area (Å²) in [5, 5.41) is 12.4. The van der Waals surface area contributed by atoms with Gasteiger partial charge in [-0.25, -0.2) is 15.0 Å². The van der Waals surface area contributed by atoms with Crippen LogP contribution in [0.2, 0.25) is 0 Å². The number of nitrogens with one attached hydrogen (secondary N) is 2. The van der Waals surface area contributed by atoms with Crippen molar-refractivity contribution in [1.29, 1.82) is 0 Å². The normalized spacial score (nSPS) is 17.1. The molecule has 3 rings (SSSR count). The Morgan fingerprint density at radius 2 is 2.18 bits per heavy atom. The molecule has 22 heavy (non-hydrogen) atoms. The fourth-order valence-corrected chi connectivity index (χ4v) is 2.91. The quantitative estimate of drug-likeness (QED) is 0.739. The highest BCUT2D eigenvalue weighted by Crippen LogP contribution is 2.32. The Hall–Kier alpha value is -1.95. The van der Waals surface area contributed by atoms with Gasteiger partial charge in [0.15, 0.2) is 11.5 Å². The van der Waals surface area contributed by atoms with Crippen molar-refractivity contribution in [2.75, 3.05) is 18.5 Å². The lowest BCUT2D eigenvalue weighted by molar-refractivity contribution is 0.331. The van der Waals surface area contributed by atoms with E-state index < -0.39 is 0 Å². The zero-order valence-corrected chi connectivity index (χ0v) is 13.0. The molecule has 118 valence electrons. The molecule has 6 heteroatoms. The number of rotatable bonds is 5. The van der Waals surface area contributed by atoms with E-state index >= 15 is 0 Å².